The number of carbonyl (C=O) groups is 2. The zero-order valence-electron chi connectivity index (χ0n) is 9.33. The summed E-state index contributed by atoms with van der Waals surface area (Å²) in [5.41, 5.74) is 0.0394. The van der Waals surface area contributed by atoms with Gasteiger partial charge in [-0.2, -0.15) is 0 Å². The van der Waals surface area contributed by atoms with Gasteiger partial charge in [-0.3, -0.25) is 4.79 Å². The minimum absolute atomic E-state index is 0.0513. The molecule has 0 aliphatic heterocycles. The first-order valence-electron chi connectivity index (χ1n) is 5.30. The van der Waals surface area contributed by atoms with Crippen LogP contribution in [0.5, 0.6) is 0 Å². The first kappa shape index (κ1) is 11.6. The molecule has 0 heterocycles. The Morgan fingerprint density at radius 2 is 2.12 bits per heavy atom. The highest BCUT2D eigenvalue weighted by Gasteiger charge is 2.25. The molecule has 1 aromatic carbocycles. The van der Waals surface area contributed by atoms with Crippen LogP contribution in [-0.4, -0.2) is 25.0 Å². The van der Waals surface area contributed by atoms with Crippen LogP contribution < -0.4 is 5.32 Å². The van der Waals surface area contributed by atoms with Gasteiger partial charge in [0, 0.05) is 6.04 Å². The Labute approximate surface area is 97.8 Å². The molecule has 0 bridgehead atoms. The fourth-order valence-electron chi connectivity index (χ4n) is 1.43. The number of carbonyl (C=O) groups excluding carboxylic acids is 2. The molecule has 4 nitrogen and oxygen atoms in total. The Balaban J connectivity index is 2.18. The molecule has 1 N–H and O–H groups in total. The summed E-state index contributed by atoms with van der Waals surface area (Å²) in [6.07, 6.45) is 1.88. The van der Waals surface area contributed by atoms with Crippen LogP contribution in [0.4, 0.5) is 4.39 Å². The summed E-state index contributed by atoms with van der Waals surface area (Å²) in [6, 6.07) is 3.84. The van der Waals surface area contributed by atoms with Crippen molar-refractivity contribution in [1.29, 1.82) is 0 Å². The van der Waals surface area contributed by atoms with Gasteiger partial charge in [-0.25, -0.2) is 9.18 Å². The van der Waals surface area contributed by atoms with Crippen LogP contribution in [0.1, 0.15) is 33.6 Å². The van der Waals surface area contributed by atoms with Crippen molar-refractivity contribution in [3.8, 4) is 0 Å². The van der Waals surface area contributed by atoms with E-state index >= 15 is 0 Å². The van der Waals surface area contributed by atoms with Crippen LogP contribution in [0.25, 0.3) is 0 Å². The standard InChI is InChI=1S/C12H12FNO3/c1-17-12(16)7-2-5-9(10(13)6-7)11(15)14-8-3-4-8/h2,5-6,8H,3-4H2,1H3,(H,14,15). The van der Waals surface area contributed by atoms with Gasteiger partial charge in [-0.1, -0.05) is 0 Å². The topological polar surface area (TPSA) is 55.4 Å². The van der Waals surface area contributed by atoms with Crippen molar-refractivity contribution in [2.45, 2.75) is 18.9 Å². The van der Waals surface area contributed by atoms with Crippen LogP contribution in [0.2, 0.25) is 0 Å². The lowest BCUT2D eigenvalue weighted by Gasteiger charge is -2.05. The number of nitrogens with one attached hydrogen (secondary N) is 1. The first-order valence-corrected chi connectivity index (χ1v) is 5.30. The number of ether oxygens (including phenoxy) is 1. The summed E-state index contributed by atoms with van der Waals surface area (Å²) in [6.45, 7) is 0. The van der Waals surface area contributed by atoms with Crippen molar-refractivity contribution in [2.24, 2.45) is 0 Å². The second-order valence-electron chi connectivity index (χ2n) is 3.93. The van der Waals surface area contributed by atoms with Crippen molar-refractivity contribution >= 4 is 11.9 Å². The third kappa shape index (κ3) is 2.61. The van der Waals surface area contributed by atoms with Gasteiger partial charge in [0.05, 0.1) is 18.2 Å². The van der Waals surface area contributed by atoms with E-state index in [1.165, 1.54) is 19.2 Å². The highest BCUT2D eigenvalue weighted by atomic mass is 19.1. The second kappa shape index (κ2) is 4.53. The summed E-state index contributed by atoms with van der Waals surface area (Å²) in [5, 5.41) is 2.68. The van der Waals surface area contributed by atoms with E-state index in [0.717, 1.165) is 18.9 Å². The van der Waals surface area contributed by atoms with Crippen molar-refractivity contribution in [2.75, 3.05) is 7.11 Å². The van der Waals surface area contributed by atoms with E-state index in [9.17, 15) is 14.0 Å². The molecule has 0 radical (unpaired) electrons. The van der Waals surface area contributed by atoms with Crippen molar-refractivity contribution in [3.05, 3.63) is 35.1 Å². The number of halogens is 1. The number of hydrogen-bond donors (Lipinski definition) is 1. The van der Waals surface area contributed by atoms with E-state index in [0.29, 0.717) is 0 Å². The summed E-state index contributed by atoms with van der Waals surface area (Å²) in [5.74, 6) is -1.79. The molecule has 1 amide bonds. The van der Waals surface area contributed by atoms with E-state index in [-0.39, 0.29) is 17.2 Å². The SMILES string of the molecule is COC(=O)c1ccc(C(=O)NC2CC2)c(F)c1. The third-order valence-electron chi connectivity index (χ3n) is 2.55. The number of hydrogen-bond acceptors (Lipinski definition) is 3. The van der Waals surface area contributed by atoms with Crippen molar-refractivity contribution in [3.63, 3.8) is 0 Å². The van der Waals surface area contributed by atoms with Crippen LogP contribution >= 0.6 is 0 Å². The fourth-order valence-corrected chi connectivity index (χ4v) is 1.43. The molecule has 1 aliphatic rings. The maximum absolute atomic E-state index is 13.6. The summed E-state index contributed by atoms with van der Waals surface area (Å²) in [7, 11) is 1.22. The first-order chi connectivity index (χ1) is 8.11. The number of benzene rings is 1. The van der Waals surface area contributed by atoms with E-state index in [1.54, 1.807) is 0 Å². The van der Waals surface area contributed by atoms with E-state index in [1.807, 2.05) is 0 Å². The van der Waals surface area contributed by atoms with Crippen molar-refractivity contribution < 1.29 is 18.7 Å². The average Bonchev–Trinajstić information content (AvgIpc) is 3.11. The van der Waals surface area contributed by atoms with Crippen LogP contribution in [0, 0.1) is 5.82 Å². The lowest BCUT2D eigenvalue weighted by Crippen LogP contribution is -2.26. The lowest BCUT2D eigenvalue weighted by molar-refractivity contribution is 0.0599. The molecular weight excluding hydrogens is 225 g/mol. The summed E-state index contributed by atoms with van der Waals surface area (Å²) < 4.78 is 18.1. The monoisotopic (exact) mass is 237 g/mol. The van der Waals surface area contributed by atoms with Gasteiger partial charge in [-0.15, -0.1) is 0 Å². The number of rotatable bonds is 3. The molecule has 90 valence electrons. The highest BCUT2D eigenvalue weighted by Crippen LogP contribution is 2.20. The minimum atomic E-state index is -0.717. The molecule has 1 saturated carbocycles. The van der Waals surface area contributed by atoms with Crippen LogP contribution in [0.3, 0.4) is 0 Å². The Morgan fingerprint density at radius 1 is 1.41 bits per heavy atom. The molecule has 17 heavy (non-hydrogen) atoms. The van der Waals surface area contributed by atoms with Gasteiger partial charge in [0.1, 0.15) is 5.82 Å². The Morgan fingerprint density at radius 3 is 2.65 bits per heavy atom. The maximum atomic E-state index is 13.6. The summed E-state index contributed by atoms with van der Waals surface area (Å²) >= 11 is 0. The lowest BCUT2D eigenvalue weighted by atomic mass is 10.1. The van der Waals surface area contributed by atoms with Crippen LogP contribution in [0.15, 0.2) is 18.2 Å². The Hall–Kier alpha value is -1.91. The normalized spacial score (nSPS) is 14.2. The van der Waals surface area contributed by atoms with Gasteiger partial charge >= 0.3 is 5.97 Å². The predicted octanol–water partition coefficient (Wildman–Crippen LogP) is 1.50. The fraction of sp³-hybridized carbons (Fsp3) is 0.333. The highest BCUT2D eigenvalue weighted by molar-refractivity contribution is 5.96. The molecule has 0 spiro atoms. The van der Waals surface area contributed by atoms with E-state index in [4.69, 9.17) is 0 Å². The van der Waals surface area contributed by atoms with Gasteiger partial charge < -0.3 is 10.1 Å². The second-order valence-corrected chi connectivity index (χ2v) is 3.93. The zero-order valence-corrected chi connectivity index (χ0v) is 9.33. The largest absolute Gasteiger partial charge is 0.465 e. The molecule has 0 atom stereocenters. The van der Waals surface area contributed by atoms with Crippen molar-refractivity contribution in [1.82, 2.24) is 5.32 Å². The quantitative estimate of drug-likeness (QED) is 0.810. The maximum Gasteiger partial charge on any atom is 0.337 e. The Bertz CT molecular complexity index is 469. The third-order valence-corrected chi connectivity index (χ3v) is 2.55. The summed E-state index contributed by atoms with van der Waals surface area (Å²) in [4.78, 5) is 22.7. The molecule has 5 heteroatoms. The molecule has 1 aromatic rings. The minimum Gasteiger partial charge on any atom is -0.465 e. The molecule has 0 aromatic heterocycles. The van der Waals surface area contributed by atoms with Gasteiger partial charge in [0.15, 0.2) is 0 Å². The van der Waals surface area contributed by atoms with Crippen LogP contribution in [-0.2, 0) is 4.74 Å². The molecule has 0 unspecified atom stereocenters. The number of amides is 1. The van der Waals surface area contributed by atoms with Gasteiger partial charge in [-0.05, 0) is 31.0 Å². The van der Waals surface area contributed by atoms with Gasteiger partial charge in [0.2, 0.25) is 0 Å². The average molecular weight is 237 g/mol. The predicted molar refractivity (Wildman–Crippen MR) is 58.2 cm³/mol. The zero-order chi connectivity index (χ0) is 12.4. The number of methoxy groups -OCH3 is 1. The molecular formula is C12H12FNO3. The molecule has 1 fully saturated rings. The molecule has 2 rings (SSSR count). The van der Waals surface area contributed by atoms with Gasteiger partial charge in [0.25, 0.3) is 5.91 Å². The smallest absolute Gasteiger partial charge is 0.337 e. The molecule has 1 aliphatic carbocycles. The molecule has 0 saturated heterocycles. The Kier molecular flexibility index (Phi) is 3.08. The van der Waals surface area contributed by atoms with E-state index in [2.05, 4.69) is 10.1 Å². The number of esters is 1. The van der Waals surface area contributed by atoms with E-state index < -0.39 is 17.7 Å².